The molecule has 0 radical (unpaired) electrons. The Hall–Kier alpha value is -9.86. The molecule has 0 saturated carbocycles. The van der Waals surface area contributed by atoms with Gasteiger partial charge in [-0.2, -0.15) is 13.2 Å². The molecule has 2 saturated heterocycles. The van der Waals surface area contributed by atoms with Crippen LogP contribution < -0.4 is 62.9 Å². The van der Waals surface area contributed by atoms with E-state index in [2.05, 4.69) is 31.9 Å². The smallest absolute Gasteiger partial charge is 0.471 e. The fraction of sp³-hybridized carbons (Fsp3) is 0.426. The van der Waals surface area contributed by atoms with E-state index in [4.69, 9.17) is 63.1 Å². The number of nitrogens with one attached hydrogen (secondary N) is 7. The van der Waals surface area contributed by atoms with Crippen molar-refractivity contribution in [2.45, 2.75) is 163 Å². The maximum absolute atomic E-state index is 16.1. The number of carboxylic acid groups (broad SMARTS) is 1. The Kier molecular flexibility index (Phi) is 23.2. The number of rotatable bonds is 13. The number of carbonyl (C=O) groups is 9. The maximum atomic E-state index is 16.1. The van der Waals surface area contributed by atoms with Gasteiger partial charge < -0.3 is 123 Å². The fourth-order valence-electron chi connectivity index (χ4n) is 12.8. The quantitative estimate of drug-likeness (QED) is 0.0799. The van der Waals surface area contributed by atoms with Crippen LogP contribution in [0.1, 0.15) is 112 Å². The van der Waals surface area contributed by atoms with E-state index in [1.165, 1.54) is 20.8 Å². The number of aliphatic carboxylic acids is 1. The molecule has 33 nitrogen and oxygen atoms in total. The van der Waals surface area contributed by atoms with E-state index < -0.39 is 265 Å². The lowest BCUT2D eigenvalue weighted by atomic mass is 9.86. The summed E-state index contributed by atoms with van der Waals surface area (Å²) in [4.78, 5) is 129. The first-order chi connectivity index (χ1) is 49.7. The van der Waals surface area contributed by atoms with Gasteiger partial charge in [0.2, 0.25) is 53.4 Å². The van der Waals surface area contributed by atoms with E-state index >= 15 is 14.4 Å². The number of phenolic OH excluding ortho intramolecular Hbond substituents is 3. The van der Waals surface area contributed by atoms with Crippen LogP contribution in [0.25, 0.3) is 11.1 Å². The molecule has 38 heteroatoms. The van der Waals surface area contributed by atoms with Crippen LogP contribution in [0, 0.1) is 11.8 Å². The molecule has 8 amide bonds. The number of aromatic hydroxyl groups is 3. The van der Waals surface area contributed by atoms with Gasteiger partial charge in [0, 0.05) is 47.2 Å². The van der Waals surface area contributed by atoms with Crippen LogP contribution in [0.5, 0.6) is 46.0 Å². The Balaban J connectivity index is 1.25. The standard InChI is InChI=1S/C68H74Cl2F3N9O24/c1-23(2)12-24(3)58(92)81-49-51(87)27-7-10-38(33(69)14-27)102-40-16-29-17-41(55(40)106-65-56(105-44-21-67(5,75)57(91)25(4)101-44)54(90)53(89)42(104-65)22-76-66(100)68(71,72)73)103-39-11-8-28(15-34(39)70)52(88)50-63(97)80-48(64(98)99)32-18-30(83)19-37(85)45(32)31-13-26(6-9-36(31)84)46(60(94)82-50)79-61(95)47(29)78-59(93)35(20-43(74)86)77-62(49)96/h6-11,13-19,23-25,35,42,44,46-54,56-57,65,83-85,87-91H,12,20-22,75H2,1-5H3,(H2,74,86)(H,76,100)(H,77,96)(H,78,93)(H,79,95)(H,80,97)(H,81,92)(H,82,94)(H,98,99)/t24-,25?,35-,42?,44?,46?,47+,48+,49+,50-,51+,52+,53?,54?,56?,57?,65?,67?/m0/s1. The number of carboxylic acids is 1. The van der Waals surface area contributed by atoms with Gasteiger partial charge in [0.1, 0.15) is 89.5 Å². The van der Waals surface area contributed by atoms with Crippen molar-refractivity contribution in [3.05, 3.63) is 117 Å². The SMILES string of the molecule is CC(C)C[C@H](C)C(=O)N[C@H]1C(=O)N[C@@H](CC(N)=O)C(=O)N[C@H]2C(=O)NC3C(=O)N[C@H](C(=O)N[C@@H](C(=O)O)c4cc(O)cc(O)c4-c4cc3ccc4O)[C@H](O)c3ccc(c(Cl)c3)Oc3cc2cc(c3OC2OC(CNC(=O)C(F)(F)F)C(O)C(O)C2OC2CC(C)(N)C(O)C(C)O2)Oc2ccc(cc2Cl)[C@H]1O. The summed E-state index contributed by atoms with van der Waals surface area (Å²) in [5.74, 6) is -20.5. The van der Waals surface area contributed by atoms with E-state index in [0.717, 1.165) is 78.9 Å². The highest BCUT2D eigenvalue weighted by atomic mass is 35.5. The molecule has 7 aliphatic heterocycles. The number of primary amides is 1. The zero-order chi connectivity index (χ0) is 77.6. The summed E-state index contributed by atoms with van der Waals surface area (Å²) in [6.45, 7) is 6.74. The molecule has 12 rings (SSSR count). The molecule has 0 spiro atoms. The predicted molar refractivity (Wildman–Crippen MR) is 358 cm³/mol. The number of benzene rings is 5. The number of aliphatic hydroxyl groups excluding tert-OH is 5. The molecule has 106 heavy (non-hydrogen) atoms. The number of hydrogen-bond acceptors (Lipinski definition) is 24. The van der Waals surface area contributed by atoms with Crippen molar-refractivity contribution < 1.29 is 131 Å². The highest BCUT2D eigenvalue weighted by molar-refractivity contribution is 6.32. The summed E-state index contributed by atoms with van der Waals surface area (Å²) < 4.78 is 79.3. The normalized spacial score (nSPS) is 28.7. The summed E-state index contributed by atoms with van der Waals surface area (Å²) in [6, 6.07) is -0.929. The number of nitrogens with two attached hydrogens (primary N) is 2. The molecule has 11 bridgehead atoms. The molecular formula is C68H74Cl2F3N9O24. The lowest BCUT2D eigenvalue weighted by molar-refractivity contribution is -0.330. The second-order valence-corrected chi connectivity index (χ2v) is 27.6. The number of alkyl halides is 3. The largest absolute Gasteiger partial charge is 0.508 e. The average molecular weight is 1530 g/mol. The van der Waals surface area contributed by atoms with Crippen molar-refractivity contribution in [3.63, 3.8) is 0 Å². The molecular weight excluding hydrogens is 1450 g/mol. The first kappa shape index (κ1) is 78.7. The van der Waals surface area contributed by atoms with Gasteiger partial charge in [0.05, 0.1) is 28.7 Å². The van der Waals surface area contributed by atoms with Gasteiger partial charge in [0.15, 0.2) is 29.9 Å². The lowest BCUT2D eigenvalue weighted by Gasteiger charge is -2.47. The van der Waals surface area contributed by atoms with Crippen molar-refractivity contribution in [3.8, 4) is 57.1 Å². The van der Waals surface area contributed by atoms with E-state index in [1.807, 2.05) is 0 Å². The number of carbonyl (C=O) groups excluding carboxylic acids is 8. The van der Waals surface area contributed by atoms with E-state index in [-0.39, 0.29) is 29.9 Å². The topological polar surface area (TPSA) is 527 Å². The van der Waals surface area contributed by atoms with Crippen LogP contribution in [0.3, 0.4) is 0 Å². The zero-order valence-corrected chi connectivity index (χ0v) is 57.9. The van der Waals surface area contributed by atoms with Gasteiger partial charge in [-0.3, -0.25) is 38.4 Å². The summed E-state index contributed by atoms with van der Waals surface area (Å²) >= 11 is 14.1. The van der Waals surface area contributed by atoms with Crippen LogP contribution in [0.4, 0.5) is 13.2 Å². The molecule has 10 unspecified atom stereocenters. The molecule has 18 atom stereocenters. The van der Waals surface area contributed by atoms with E-state index in [0.29, 0.717) is 0 Å². The number of aliphatic hydroxyl groups is 5. The van der Waals surface area contributed by atoms with Crippen LogP contribution in [-0.4, -0.2) is 185 Å². The predicted octanol–water partition coefficient (Wildman–Crippen LogP) is 1.84. The molecule has 0 aromatic heterocycles. The average Bonchev–Trinajstić information content (AvgIpc) is 0.768. The van der Waals surface area contributed by atoms with E-state index in [1.54, 1.807) is 19.2 Å². The first-order valence-electron chi connectivity index (χ1n) is 32.7. The number of amides is 8. The van der Waals surface area contributed by atoms with Crippen LogP contribution in [0.2, 0.25) is 10.0 Å². The summed E-state index contributed by atoms with van der Waals surface area (Å²) in [7, 11) is 0. The highest BCUT2D eigenvalue weighted by Gasteiger charge is 2.52. The summed E-state index contributed by atoms with van der Waals surface area (Å²) in [5, 5.41) is 119. The van der Waals surface area contributed by atoms with E-state index in [9.17, 15) is 87.9 Å². The molecule has 2 fully saturated rings. The third kappa shape index (κ3) is 17.0. The highest BCUT2D eigenvalue weighted by Crippen LogP contribution is 2.50. The number of hydrogen-bond donors (Lipinski definition) is 18. The number of halogens is 5. The molecule has 5 aromatic carbocycles. The minimum Gasteiger partial charge on any atom is -0.508 e. The Bertz CT molecular complexity index is 4310. The first-order valence-corrected chi connectivity index (χ1v) is 33.5. The van der Waals surface area contributed by atoms with Gasteiger partial charge in [-0.25, -0.2) is 4.79 Å². The Morgan fingerprint density at radius 1 is 0.708 bits per heavy atom. The van der Waals surface area contributed by atoms with Gasteiger partial charge in [-0.1, -0.05) is 62.2 Å². The van der Waals surface area contributed by atoms with Crippen molar-refractivity contribution >= 4 is 76.4 Å². The summed E-state index contributed by atoms with van der Waals surface area (Å²) in [6.07, 6.45) is -26.3. The molecule has 570 valence electrons. The van der Waals surface area contributed by atoms with Crippen LogP contribution >= 0.6 is 23.2 Å². The van der Waals surface area contributed by atoms with Crippen LogP contribution in [-0.2, 0) is 57.4 Å². The molecule has 0 aliphatic carbocycles. The van der Waals surface area contributed by atoms with Crippen molar-refractivity contribution in [1.29, 1.82) is 0 Å². The Morgan fingerprint density at radius 2 is 1.30 bits per heavy atom. The Labute approximate surface area is 608 Å². The van der Waals surface area contributed by atoms with Crippen molar-refractivity contribution in [2.75, 3.05) is 6.54 Å². The Morgan fingerprint density at radius 3 is 1.89 bits per heavy atom. The van der Waals surface area contributed by atoms with Crippen molar-refractivity contribution in [2.24, 2.45) is 23.3 Å². The third-order valence-corrected chi connectivity index (χ3v) is 18.8. The molecule has 5 aromatic rings. The monoisotopic (exact) mass is 1530 g/mol. The minimum absolute atomic E-state index is 0.0810. The zero-order valence-electron chi connectivity index (χ0n) is 56.4. The number of ether oxygens (including phenoxy) is 6. The maximum Gasteiger partial charge on any atom is 0.471 e. The third-order valence-electron chi connectivity index (χ3n) is 18.2. The van der Waals surface area contributed by atoms with Gasteiger partial charge in [0.25, 0.3) is 0 Å². The fourth-order valence-corrected chi connectivity index (χ4v) is 13.3. The number of fused-ring (bicyclic) bond motifs is 15. The summed E-state index contributed by atoms with van der Waals surface area (Å²) in [5.41, 5.74) is 7.41. The lowest BCUT2D eigenvalue weighted by Crippen LogP contribution is -2.65. The second-order valence-electron chi connectivity index (χ2n) is 26.8. The van der Waals surface area contributed by atoms with Gasteiger partial charge >= 0.3 is 18.1 Å². The van der Waals surface area contributed by atoms with Gasteiger partial charge in [-0.05, 0) is 103 Å². The second kappa shape index (κ2) is 31.3. The molecule has 20 N–H and O–H groups in total. The van der Waals surface area contributed by atoms with Gasteiger partial charge in [-0.15, -0.1) is 0 Å². The molecule has 7 aliphatic rings. The van der Waals surface area contributed by atoms with Crippen LogP contribution in [0.15, 0.2) is 78.9 Å². The molecule has 7 heterocycles. The minimum atomic E-state index is -5.51. The number of phenols is 3. The van der Waals surface area contributed by atoms with Crippen molar-refractivity contribution in [1.82, 2.24) is 37.2 Å².